The second-order valence-corrected chi connectivity index (χ2v) is 23.3. The summed E-state index contributed by atoms with van der Waals surface area (Å²) in [5, 5.41) is 1.19. The standard InChI is InChI=1S/C66H48N4O2P2/c71-73(67(57-37-29-53(30-38-57)49-17-5-1-6-18-49)63-25-13-14-26-64(63)68(73)58-39-31-54(32-40-58)50-19-7-2-8-20-50)61-45-47-62(48-46-61)74(72)69(59-41-33-55(34-42-59)51-21-9-3-10-22-51)65-27-15-16-28-66(65)70(74)60-43-35-56(36-44-60)52-23-11-4-12-24-52/h1-48H. The fourth-order valence-corrected chi connectivity index (χ4v) is 16.6. The Bertz CT molecular complexity index is 3390. The van der Waals surface area contributed by atoms with E-state index in [9.17, 15) is 0 Å². The molecule has 0 aromatic heterocycles. The van der Waals surface area contributed by atoms with Crippen LogP contribution in [0.1, 0.15) is 0 Å². The molecule has 0 bridgehead atoms. The van der Waals surface area contributed by atoms with Gasteiger partial charge < -0.3 is 0 Å². The van der Waals surface area contributed by atoms with E-state index in [1.165, 1.54) is 0 Å². The number of fused-ring (bicyclic) bond motifs is 2. The van der Waals surface area contributed by atoms with E-state index >= 15 is 9.13 Å². The van der Waals surface area contributed by atoms with Crippen molar-refractivity contribution in [2.75, 3.05) is 18.7 Å². The number of para-hydroxylation sites is 4. The highest BCUT2D eigenvalue weighted by molar-refractivity contribution is 7.76. The first-order valence-corrected chi connectivity index (χ1v) is 28.0. The lowest BCUT2D eigenvalue weighted by molar-refractivity contribution is 0.581. The number of hydrogen-bond acceptors (Lipinski definition) is 2. The van der Waals surface area contributed by atoms with Crippen LogP contribution in [0.5, 0.6) is 0 Å². The molecule has 2 aliphatic heterocycles. The monoisotopic (exact) mass is 990 g/mol. The molecule has 74 heavy (non-hydrogen) atoms. The van der Waals surface area contributed by atoms with Crippen molar-refractivity contribution in [1.82, 2.24) is 0 Å². The molecular formula is C66H48N4O2P2. The van der Waals surface area contributed by atoms with Crippen molar-refractivity contribution < 1.29 is 9.13 Å². The zero-order valence-corrected chi connectivity index (χ0v) is 42.0. The van der Waals surface area contributed by atoms with Gasteiger partial charge in [0.2, 0.25) is 0 Å². The maximum Gasteiger partial charge on any atom is 0.301 e. The van der Waals surface area contributed by atoms with E-state index in [0.29, 0.717) is 10.6 Å². The molecule has 0 aliphatic carbocycles. The number of benzene rings is 11. The third-order valence-corrected chi connectivity index (χ3v) is 20.1. The van der Waals surface area contributed by atoms with Crippen LogP contribution in [0.3, 0.4) is 0 Å². The fraction of sp³-hybridized carbons (Fsp3) is 0. The van der Waals surface area contributed by atoms with Gasteiger partial charge in [-0.2, -0.15) is 0 Å². The Labute approximate surface area is 432 Å². The Balaban J connectivity index is 0.971. The van der Waals surface area contributed by atoms with Crippen molar-refractivity contribution in [3.8, 4) is 44.5 Å². The van der Waals surface area contributed by atoms with Crippen LogP contribution in [0.25, 0.3) is 44.5 Å². The second kappa shape index (κ2) is 18.6. The Hall–Kier alpha value is -8.92. The lowest BCUT2D eigenvalue weighted by Gasteiger charge is -2.35. The topological polar surface area (TPSA) is 47.1 Å². The minimum atomic E-state index is -3.84. The van der Waals surface area contributed by atoms with Crippen LogP contribution in [0.15, 0.2) is 291 Å². The van der Waals surface area contributed by atoms with Gasteiger partial charge in [0.15, 0.2) is 0 Å². The summed E-state index contributed by atoms with van der Waals surface area (Å²) in [6.45, 7) is 0. The van der Waals surface area contributed by atoms with Gasteiger partial charge in [0.1, 0.15) is 0 Å². The molecular weight excluding hydrogens is 943 g/mol. The van der Waals surface area contributed by atoms with Crippen LogP contribution in [-0.4, -0.2) is 0 Å². The summed E-state index contributed by atoms with van der Waals surface area (Å²) in [5.41, 5.74) is 15.2. The third kappa shape index (κ3) is 7.58. The molecule has 0 radical (unpaired) electrons. The molecule has 11 aromatic carbocycles. The molecule has 0 N–H and O–H groups in total. The Morgan fingerprint density at radius 1 is 0.189 bits per heavy atom. The van der Waals surface area contributed by atoms with Crippen LogP contribution < -0.4 is 29.3 Å². The fourth-order valence-electron chi connectivity index (χ4n) is 10.6. The first kappa shape index (κ1) is 45.0. The highest BCUT2D eigenvalue weighted by Gasteiger charge is 2.51. The van der Waals surface area contributed by atoms with E-state index in [1.807, 2.05) is 140 Å². The van der Waals surface area contributed by atoms with Gasteiger partial charge in [-0.25, -0.2) is 0 Å². The molecule has 0 spiro atoms. The number of nitrogens with zero attached hydrogens (tertiary/aromatic N) is 4. The largest absolute Gasteiger partial charge is 0.301 e. The van der Waals surface area contributed by atoms with Crippen LogP contribution in [0.2, 0.25) is 0 Å². The zero-order valence-electron chi connectivity index (χ0n) is 40.2. The second-order valence-electron chi connectivity index (χ2n) is 18.5. The van der Waals surface area contributed by atoms with Crippen molar-refractivity contribution in [2.45, 2.75) is 0 Å². The number of hydrogen-bond donors (Lipinski definition) is 0. The average molecular weight is 991 g/mol. The summed E-state index contributed by atoms with van der Waals surface area (Å²) in [6, 6.07) is 98.5. The van der Waals surface area contributed by atoms with Gasteiger partial charge in [-0.1, -0.05) is 194 Å². The van der Waals surface area contributed by atoms with Crippen molar-refractivity contribution in [3.63, 3.8) is 0 Å². The van der Waals surface area contributed by atoms with Crippen LogP contribution in [0.4, 0.5) is 45.5 Å². The lowest BCUT2D eigenvalue weighted by Crippen LogP contribution is -2.30. The smallest absolute Gasteiger partial charge is 0.270 e. The predicted molar refractivity (Wildman–Crippen MR) is 310 cm³/mol. The van der Waals surface area contributed by atoms with Gasteiger partial charge in [-0.05, 0) is 142 Å². The zero-order chi connectivity index (χ0) is 49.6. The summed E-state index contributed by atoms with van der Waals surface area (Å²) in [4.78, 5) is 0. The minimum absolute atomic E-state index is 0.595. The molecule has 0 amide bonds. The molecule has 8 heteroatoms. The molecule has 0 saturated heterocycles. The van der Waals surface area contributed by atoms with Crippen molar-refractivity contribution in [2.24, 2.45) is 0 Å². The van der Waals surface area contributed by atoms with Gasteiger partial charge in [-0.3, -0.25) is 27.8 Å². The lowest BCUT2D eigenvalue weighted by atomic mass is 10.1. The van der Waals surface area contributed by atoms with Gasteiger partial charge in [0, 0.05) is 22.7 Å². The van der Waals surface area contributed by atoms with Crippen LogP contribution >= 0.6 is 14.9 Å². The molecule has 11 aromatic rings. The Morgan fingerprint density at radius 2 is 0.365 bits per heavy atom. The van der Waals surface area contributed by atoms with Crippen LogP contribution in [0, 0.1) is 0 Å². The van der Waals surface area contributed by atoms with E-state index in [4.69, 9.17) is 0 Å². The predicted octanol–water partition coefficient (Wildman–Crippen LogP) is 18.0. The van der Waals surface area contributed by atoms with Gasteiger partial charge in [0.05, 0.1) is 33.4 Å². The molecule has 2 heterocycles. The van der Waals surface area contributed by atoms with E-state index in [0.717, 1.165) is 90.0 Å². The van der Waals surface area contributed by atoms with E-state index in [2.05, 4.69) is 170 Å². The Kier molecular flexibility index (Phi) is 11.3. The maximum atomic E-state index is 17.2. The summed E-state index contributed by atoms with van der Waals surface area (Å²) in [5.74, 6) is 0. The number of anilines is 8. The van der Waals surface area contributed by atoms with E-state index in [1.54, 1.807) is 0 Å². The molecule has 0 unspecified atom stereocenters. The normalized spacial score (nSPS) is 14.2. The molecule has 0 fully saturated rings. The summed E-state index contributed by atoms with van der Waals surface area (Å²) >= 11 is 0. The van der Waals surface area contributed by atoms with Gasteiger partial charge in [0.25, 0.3) is 0 Å². The van der Waals surface area contributed by atoms with E-state index < -0.39 is 14.9 Å². The van der Waals surface area contributed by atoms with Crippen molar-refractivity contribution in [3.05, 3.63) is 291 Å². The average Bonchev–Trinajstić information content (AvgIpc) is 3.96. The van der Waals surface area contributed by atoms with Crippen LogP contribution in [-0.2, 0) is 9.13 Å². The molecule has 13 rings (SSSR count). The maximum absolute atomic E-state index is 17.2. The summed E-state index contributed by atoms with van der Waals surface area (Å²) in [7, 11) is -7.68. The minimum Gasteiger partial charge on any atom is -0.270 e. The first-order valence-electron chi connectivity index (χ1n) is 24.8. The van der Waals surface area contributed by atoms with E-state index in [-0.39, 0.29) is 0 Å². The quantitative estimate of drug-likeness (QED) is 0.127. The number of rotatable bonds is 10. The highest BCUT2D eigenvalue weighted by atomic mass is 31.2. The van der Waals surface area contributed by atoms with Crippen molar-refractivity contribution in [1.29, 1.82) is 0 Å². The SMILES string of the molecule is O=P1(c2ccc(P3(=O)N(c4ccc(-c5ccccc5)cc4)c4ccccc4N3c3ccc(-c4ccccc4)cc3)cc2)N(c2ccc(-c3ccccc3)cc2)c2ccccc2N1c1ccc(-c2ccccc2)cc1. The molecule has 2 aliphatic rings. The summed E-state index contributed by atoms with van der Waals surface area (Å²) in [6.07, 6.45) is 0. The Morgan fingerprint density at radius 3 is 0.568 bits per heavy atom. The molecule has 6 nitrogen and oxygen atoms in total. The van der Waals surface area contributed by atoms with Gasteiger partial charge >= 0.3 is 14.9 Å². The third-order valence-electron chi connectivity index (χ3n) is 14.2. The highest BCUT2D eigenvalue weighted by Crippen LogP contribution is 2.72. The molecule has 0 atom stereocenters. The first-order chi connectivity index (χ1) is 36.5. The summed E-state index contributed by atoms with van der Waals surface area (Å²) < 4.78 is 42.4. The molecule has 0 saturated carbocycles. The molecule has 354 valence electrons. The van der Waals surface area contributed by atoms with Crippen molar-refractivity contribution >= 4 is 71.0 Å². The van der Waals surface area contributed by atoms with Gasteiger partial charge in [-0.15, -0.1) is 0 Å².